The SMILES string of the molecule is CCn1c(=O)oc2cc(S(=O)(=O)NC[C@H](c3ccc(F)cc3)N(C)C)ccc21. The molecule has 0 amide bonds. The van der Waals surface area contributed by atoms with Gasteiger partial charge in [-0.25, -0.2) is 22.3 Å². The second kappa shape index (κ2) is 7.86. The van der Waals surface area contributed by atoms with Gasteiger partial charge in [-0.1, -0.05) is 12.1 Å². The van der Waals surface area contributed by atoms with E-state index in [-0.39, 0.29) is 28.9 Å². The number of aryl methyl sites for hydroxylation is 1. The zero-order chi connectivity index (χ0) is 20.5. The Kier molecular flexibility index (Phi) is 5.69. The van der Waals surface area contributed by atoms with Crippen LogP contribution in [0.5, 0.6) is 0 Å². The summed E-state index contributed by atoms with van der Waals surface area (Å²) < 4.78 is 47.8. The molecule has 0 unspecified atom stereocenters. The second-order valence-corrected chi connectivity index (χ2v) is 8.39. The van der Waals surface area contributed by atoms with Gasteiger partial charge in [-0.15, -0.1) is 0 Å². The molecular weight excluding hydrogens is 385 g/mol. The van der Waals surface area contributed by atoms with Crippen LogP contribution >= 0.6 is 0 Å². The zero-order valence-corrected chi connectivity index (χ0v) is 16.7. The van der Waals surface area contributed by atoms with Gasteiger partial charge in [0.05, 0.1) is 10.4 Å². The fourth-order valence-electron chi connectivity index (χ4n) is 3.07. The fourth-order valence-corrected chi connectivity index (χ4v) is 4.12. The van der Waals surface area contributed by atoms with Crippen LogP contribution in [0.3, 0.4) is 0 Å². The number of rotatable bonds is 7. The lowest BCUT2D eigenvalue weighted by Gasteiger charge is -2.25. The van der Waals surface area contributed by atoms with Crippen molar-refractivity contribution in [3.63, 3.8) is 0 Å². The van der Waals surface area contributed by atoms with Gasteiger partial charge < -0.3 is 9.32 Å². The van der Waals surface area contributed by atoms with E-state index in [0.29, 0.717) is 12.1 Å². The molecule has 0 aliphatic heterocycles. The molecule has 0 aliphatic carbocycles. The van der Waals surface area contributed by atoms with Crippen molar-refractivity contribution in [2.24, 2.45) is 0 Å². The summed E-state index contributed by atoms with van der Waals surface area (Å²) in [6, 6.07) is 10.00. The predicted molar refractivity (Wildman–Crippen MR) is 104 cm³/mol. The minimum absolute atomic E-state index is 0.00798. The molecular formula is C19H22FN3O4S. The molecule has 0 fully saturated rings. The lowest BCUT2D eigenvalue weighted by atomic mass is 10.1. The molecule has 1 atom stereocenters. The van der Waals surface area contributed by atoms with Crippen LogP contribution in [-0.4, -0.2) is 38.5 Å². The number of nitrogens with one attached hydrogen (secondary N) is 1. The van der Waals surface area contributed by atoms with Gasteiger partial charge in [-0.2, -0.15) is 0 Å². The second-order valence-electron chi connectivity index (χ2n) is 6.62. The number of hydrogen-bond acceptors (Lipinski definition) is 5. The standard InChI is InChI=1S/C19H22FN3O4S/c1-4-23-16-10-9-15(11-18(16)27-19(23)24)28(25,26)21-12-17(22(2)3)13-5-7-14(20)8-6-13/h5-11,17,21H,4,12H2,1-3H3/t17-/m1/s1. The molecule has 28 heavy (non-hydrogen) atoms. The molecule has 0 saturated heterocycles. The average molecular weight is 407 g/mol. The summed E-state index contributed by atoms with van der Waals surface area (Å²) in [6.45, 7) is 2.33. The maximum Gasteiger partial charge on any atom is 0.419 e. The monoisotopic (exact) mass is 407 g/mol. The molecule has 0 saturated carbocycles. The van der Waals surface area contributed by atoms with Crippen LogP contribution in [0.15, 0.2) is 56.6 Å². The minimum Gasteiger partial charge on any atom is -0.408 e. The van der Waals surface area contributed by atoms with Crippen LogP contribution in [0.25, 0.3) is 11.1 Å². The number of hydrogen-bond donors (Lipinski definition) is 1. The lowest BCUT2D eigenvalue weighted by Crippen LogP contribution is -2.34. The maximum absolute atomic E-state index is 13.2. The highest BCUT2D eigenvalue weighted by Gasteiger charge is 2.21. The summed E-state index contributed by atoms with van der Waals surface area (Å²) in [6.07, 6.45) is 0. The van der Waals surface area contributed by atoms with E-state index >= 15 is 0 Å². The third-order valence-electron chi connectivity index (χ3n) is 4.61. The van der Waals surface area contributed by atoms with Crippen molar-refractivity contribution in [1.82, 2.24) is 14.2 Å². The predicted octanol–water partition coefficient (Wildman–Crippen LogP) is 2.33. The molecule has 1 aromatic heterocycles. The number of benzene rings is 2. The third kappa shape index (κ3) is 4.01. The summed E-state index contributed by atoms with van der Waals surface area (Å²) >= 11 is 0. The van der Waals surface area contributed by atoms with Crippen LogP contribution in [0.2, 0.25) is 0 Å². The highest BCUT2D eigenvalue weighted by atomic mass is 32.2. The Morgan fingerprint density at radius 2 is 1.86 bits per heavy atom. The Bertz CT molecular complexity index is 1130. The van der Waals surface area contributed by atoms with E-state index in [4.69, 9.17) is 4.42 Å². The lowest BCUT2D eigenvalue weighted by molar-refractivity contribution is 0.299. The summed E-state index contributed by atoms with van der Waals surface area (Å²) in [5, 5.41) is 0. The molecule has 0 bridgehead atoms. The van der Waals surface area contributed by atoms with Crippen molar-refractivity contribution < 1.29 is 17.2 Å². The molecule has 3 rings (SSSR count). The highest BCUT2D eigenvalue weighted by molar-refractivity contribution is 7.89. The summed E-state index contributed by atoms with van der Waals surface area (Å²) in [5.74, 6) is -0.875. The van der Waals surface area contributed by atoms with E-state index in [2.05, 4.69) is 4.72 Å². The van der Waals surface area contributed by atoms with E-state index in [1.165, 1.54) is 28.8 Å². The Balaban J connectivity index is 1.85. The number of fused-ring (bicyclic) bond motifs is 1. The first-order valence-electron chi connectivity index (χ1n) is 8.78. The largest absolute Gasteiger partial charge is 0.419 e. The third-order valence-corrected chi connectivity index (χ3v) is 6.03. The number of halogens is 1. The molecule has 150 valence electrons. The van der Waals surface area contributed by atoms with Gasteiger partial charge in [0.25, 0.3) is 0 Å². The van der Waals surface area contributed by atoms with E-state index in [1.54, 1.807) is 25.1 Å². The van der Waals surface area contributed by atoms with E-state index in [0.717, 1.165) is 5.56 Å². The maximum atomic E-state index is 13.2. The van der Waals surface area contributed by atoms with Gasteiger partial charge in [-0.3, -0.25) is 4.57 Å². The first-order chi connectivity index (χ1) is 13.2. The van der Waals surface area contributed by atoms with Gasteiger partial charge in [0, 0.05) is 25.2 Å². The topological polar surface area (TPSA) is 84.5 Å². The molecule has 1 N–H and O–H groups in total. The van der Waals surface area contributed by atoms with Gasteiger partial charge in [0.2, 0.25) is 10.0 Å². The van der Waals surface area contributed by atoms with Gasteiger partial charge >= 0.3 is 5.76 Å². The molecule has 2 aromatic carbocycles. The minimum atomic E-state index is -3.83. The van der Waals surface area contributed by atoms with E-state index in [1.807, 2.05) is 19.0 Å². The molecule has 0 aliphatic rings. The van der Waals surface area contributed by atoms with Gasteiger partial charge in [0.15, 0.2) is 5.58 Å². The quantitative estimate of drug-likeness (QED) is 0.650. The average Bonchev–Trinajstić information content (AvgIpc) is 2.97. The van der Waals surface area contributed by atoms with Crippen LogP contribution in [0.1, 0.15) is 18.5 Å². The smallest absolute Gasteiger partial charge is 0.408 e. The Hall–Kier alpha value is -2.49. The number of oxazole rings is 1. The number of likely N-dealkylation sites (N-methyl/N-ethyl adjacent to an activating group) is 1. The van der Waals surface area contributed by atoms with Gasteiger partial charge in [-0.05, 0) is 50.8 Å². The Morgan fingerprint density at radius 1 is 1.18 bits per heavy atom. The van der Waals surface area contributed by atoms with Crippen molar-refractivity contribution in [3.05, 3.63) is 64.4 Å². The normalized spacial score (nSPS) is 13.3. The molecule has 1 heterocycles. The van der Waals surface area contributed by atoms with E-state index in [9.17, 15) is 17.6 Å². The number of aromatic nitrogens is 1. The molecule has 3 aromatic rings. The first-order valence-corrected chi connectivity index (χ1v) is 10.3. The summed E-state index contributed by atoms with van der Waals surface area (Å²) in [4.78, 5) is 13.7. The molecule has 9 heteroatoms. The van der Waals surface area contributed by atoms with Crippen molar-refractivity contribution in [2.75, 3.05) is 20.6 Å². The zero-order valence-electron chi connectivity index (χ0n) is 15.8. The Morgan fingerprint density at radius 3 is 2.46 bits per heavy atom. The van der Waals surface area contributed by atoms with Crippen LogP contribution in [0.4, 0.5) is 4.39 Å². The van der Waals surface area contributed by atoms with E-state index < -0.39 is 15.8 Å². The molecule has 0 spiro atoms. The molecule has 7 nitrogen and oxygen atoms in total. The van der Waals surface area contributed by atoms with Crippen molar-refractivity contribution in [3.8, 4) is 0 Å². The van der Waals surface area contributed by atoms with Crippen LogP contribution in [0, 0.1) is 5.82 Å². The fraction of sp³-hybridized carbons (Fsp3) is 0.316. The number of sulfonamides is 1. The summed E-state index contributed by atoms with van der Waals surface area (Å²) in [7, 11) is -0.197. The van der Waals surface area contributed by atoms with Crippen molar-refractivity contribution in [2.45, 2.75) is 24.4 Å². The van der Waals surface area contributed by atoms with Crippen molar-refractivity contribution in [1.29, 1.82) is 0 Å². The number of nitrogens with zero attached hydrogens (tertiary/aromatic N) is 2. The summed E-state index contributed by atoms with van der Waals surface area (Å²) in [5.41, 5.74) is 1.55. The first kappa shape index (κ1) is 20.2. The van der Waals surface area contributed by atoms with Crippen LogP contribution in [-0.2, 0) is 16.6 Å². The van der Waals surface area contributed by atoms with Crippen molar-refractivity contribution >= 4 is 21.1 Å². The Labute approximate surface area is 162 Å². The highest BCUT2D eigenvalue weighted by Crippen LogP contribution is 2.21. The van der Waals surface area contributed by atoms with Gasteiger partial charge in [0.1, 0.15) is 5.82 Å². The van der Waals surface area contributed by atoms with Crippen LogP contribution < -0.4 is 10.5 Å². The molecule has 0 radical (unpaired) electrons.